The number of hydrogen-bond acceptors (Lipinski definition) is 2. The molecule has 2 nitrogen and oxygen atoms in total. The number of carbonyl (C=O) groups excluding carboxylic acids is 1. The van der Waals surface area contributed by atoms with Crippen LogP contribution in [0.5, 0.6) is 0 Å². The van der Waals surface area contributed by atoms with Crippen molar-refractivity contribution in [3.8, 4) is 0 Å². The summed E-state index contributed by atoms with van der Waals surface area (Å²) in [5.74, 6) is 0.357. The summed E-state index contributed by atoms with van der Waals surface area (Å²) < 4.78 is 14.5. The van der Waals surface area contributed by atoms with Crippen molar-refractivity contribution in [1.29, 1.82) is 0 Å². The maximum absolute atomic E-state index is 13.6. The quantitative estimate of drug-likeness (QED) is 0.774. The maximum Gasteiger partial charge on any atom is 0.263 e. The molecule has 19 heavy (non-hydrogen) atoms. The van der Waals surface area contributed by atoms with Crippen molar-refractivity contribution in [1.82, 2.24) is 4.90 Å². The molecule has 4 heteroatoms. The number of piperidine rings is 1. The molecule has 0 aliphatic carbocycles. The minimum atomic E-state index is -0.250. The lowest BCUT2D eigenvalue weighted by Gasteiger charge is -2.30. The molecule has 100 valence electrons. The first-order valence-corrected chi connectivity index (χ1v) is 7.44. The van der Waals surface area contributed by atoms with Crippen LogP contribution in [0.15, 0.2) is 24.3 Å². The fraction of sp³-hybridized carbons (Fsp3) is 0.400. The summed E-state index contributed by atoms with van der Waals surface area (Å²) in [6, 6.07) is 6.67. The van der Waals surface area contributed by atoms with Crippen LogP contribution in [0, 0.1) is 11.7 Å². The highest BCUT2D eigenvalue weighted by atomic mass is 32.1. The van der Waals surface area contributed by atoms with Gasteiger partial charge in [-0.25, -0.2) is 4.39 Å². The van der Waals surface area contributed by atoms with Crippen LogP contribution in [0.2, 0.25) is 0 Å². The van der Waals surface area contributed by atoms with Gasteiger partial charge in [-0.2, -0.15) is 0 Å². The monoisotopic (exact) mass is 277 g/mol. The largest absolute Gasteiger partial charge is 0.338 e. The number of amides is 1. The normalized spacial score (nSPS) is 19.9. The molecule has 1 saturated heterocycles. The molecule has 0 bridgehead atoms. The van der Waals surface area contributed by atoms with E-state index < -0.39 is 0 Å². The predicted octanol–water partition coefficient (Wildman–Crippen LogP) is 3.91. The number of rotatable bonds is 1. The van der Waals surface area contributed by atoms with E-state index in [1.54, 1.807) is 12.1 Å². The molecule has 0 spiro atoms. The zero-order chi connectivity index (χ0) is 13.4. The molecule has 0 N–H and O–H groups in total. The summed E-state index contributed by atoms with van der Waals surface area (Å²) >= 11 is 1.38. The van der Waals surface area contributed by atoms with Gasteiger partial charge in [0.2, 0.25) is 0 Å². The first-order chi connectivity index (χ1) is 9.15. The number of nitrogens with zero attached hydrogens (tertiary/aromatic N) is 1. The summed E-state index contributed by atoms with van der Waals surface area (Å²) in [7, 11) is 0. The lowest BCUT2D eigenvalue weighted by molar-refractivity contribution is 0.0688. The van der Waals surface area contributed by atoms with Gasteiger partial charge in [-0.05, 0) is 37.0 Å². The summed E-state index contributed by atoms with van der Waals surface area (Å²) in [5, 5.41) is 0.556. The van der Waals surface area contributed by atoms with Crippen LogP contribution < -0.4 is 0 Å². The van der Waals surface area contributed by atoms with Gasteiger partial charge >= 0.3 is 0 Å². The molecule has 3 rings (SSSR count). The molecular formula is C15H16FNOS. The molecule has 1 aliphatic heterocycles. The number of hydrogen-bond donors (Lipinski definition) is 0. The maximum atomic E-state index is 13.6. The lowest BCUT2D eigenvalue weighted by atomic mass is 10.0. The minimum Gasteiger partial charge on any atom is -0.338 e. The molecule has 0 unspecified atom stereocenters. The van der Waals surface area contributed by atoms with E-state index >= 15 is 0 Å². The first kappa shape index (κ1) is 12.6. The van der Waals surface area contributed by atoms with Gasteiger partial charge in [-0.3, -0.25) is 4.79 Å². The highest BCUT2D eigenvalue weighted by molar-refractivity contribution is 7.20. The third-order valence-electron chi connectivity index (χ3n) is 3.66. The Morgan fingerprint density at radius 2 is 2.32 bits per heavy atom. The fourth-order valence-electron chi connectivity index (χ4n) is 2.66. The van der Waals surface area contributed by atoms with Gasteiger partial charge < -0.3 is 4.90 Å². The number of fused-ring (bicyclic) bond motifs is 1. The fourth-order valence-corrected chi connectivity index (χ4v) is 3.70. The van der Waals surface area contributed by atoms with Crippen molar-refractivity contribution in [3.63, 3.8) is 0 Å². The van der Waals surface area contributed by atoms with Gasteiger partial charge in [0, 0.05) is 23.2 Å². The Kier molecular flexibility index (Phi) is 3.27. The van der Waals surface area contributed by atoms with E-state index in [0.717, 1.165) is 24.2 Å². The number of likely N-dealkylation sites (tertiary alicyclic amines) is 1. The number of halogens is 1. The third kappa shape index (κ3) is 2.37. The average Bonchev–Trinajstić information content (AvgIpc) is 2.83. The summed E-state index contributed by atoms with van der Waals surface area (Å²) in [6.07, 6.45) is 2.25. The van der Waals surface area contributed by atoms with Crippen LogP contribution in [0.25, 0.3) is 10.1 Å². The van der Waals surface area contributed by atoms with Gasteiger partial charge in [0.15, 0.2) is 0 Å². The van der Waals surface area contributed by atoms with E-state index in [1.165, 1.54) is 23.8 Å². The second-order valence-corrected chi connectivity index (χ2v) is 6.34. The Morgan fingerprint density at radius 1 is 1.47 bits per heavy atom. The smallest absolute Gasteiger partial charge is 0.263 e. The second-order valence-electron chi connectivity index (χ2n) is 5.26. The van der Waals surface area contributed by atoms with Crippen LogP contribution in [0.4, 0.5) is 4.39 Å². The molecule has 1 aromatic carbocycles. The van der Waals surface area contributed by atoms with E-state index in [9.17, 15) is 9.18 Å². The summed E-state index contributed by atoms with van der Waals surface area (Å²) in [4.78, 5) is 15.0. The van der Waals surface area contributed by atoms with Crippen LogP contribution in [0.1, 0.15) is 29.4 Å². The minimum absolute atomic E-state index is 0.0483. The van der Waals surface area contributed by atoms with Gasteiger partial charge in [-0.1, -0.05) is 13.0 Å². The van der Waals surface area contributed by atoms with Gasteiger partial charge in [0.25, 0.3) is 5.91 Å². The van der Waals surface area contributed by atoms with Crippen molar-refractivity contribution >= 4 is 27.3 Å². The number of thiophene rings is 1. The van der Waals surface area contributed by atoms with Crippen LogP contribution >= 0.6 is 11.3 Å². The first-order valence-electron chi connectivity index (χ1n) is 6.62. The Hall–Kier alpha value is -1.42. The van der Waals surface area contributed by atoms with E-state index in [-0.39, 0.29) is 11.7 Å². The van der Waals surface area contributed by atoms with E-state index in [1.807, 2.05) is 11.0 Å². The molecule has 0 saturated carbocycles. The lowest BCUT2D eigenvalue weighted by Crippen LogP contribution is -2.38. The van der Waals surface area contributed by atoms with Crippen molar-refractivity contribution in [2.45, 2.75) is 19.8 Å². The summed E-state index contributed by atoms with van der Waals surface area (Å²) in [5.41, 5.74) is 0. The van der Waals surface area contributed by atoms with Gasteiger partial charge in [0.05, 0.1) is 4.88 Å². The van der Waals surface area contributed by atoms with E-state index in [4.69, 9.17) is 0 Å². The van der Waals surface area contributed by atoms with Crippen LogP contribution in [-0.4, -0.2) is 23.9 Å². The van der Waals surface area contributed by atoms with Crippen LogP contribution in [0.3, 0.4) is 0 Å². The van der Waals surface area contributed by atoms with Gasteiger partial charge in [-0.15, -0.1) is 11.3 Å². The molecular weight excluding hydrogens is 261 g/mol. The topological polar surface area (TPSA) is 20.3 Å². The second kappa shape index (κ2) is 4.93. The highest BCUT2D eigenvalue weighted by Gasteiger charge is 2.23. The molecule has 0 radical (unpaired) electrons. The zero-order valence-corrected chi connectivity index (χ0v) is 11.7. The SMILES string of the molecule is C[C@H]1CCCN(C(=O)c2cc3c(F)cccc3s2)C1. The van der Waals surface area contributed by atoms with E-state index in [2.05, 4.69) is 6.92 Å². The molecule has 1 aromatic heterocycles. The molecule has 2 heterocycles. The Labute approximate surface area is 115 Å². The zero-order valence-electron chi connectivity index (χ0n) is 10.9. The van der Waals surface area contributed by atoms with Crippen LogP contribution in [-0.2, 0) is 0 Å². The Balaban J connectivity index is 1.91. The number of benzene rings is 1. The molecule has 1 atom stereocenters. The van der Waals surface area contributed by atoms with Crippen molar-refractivity contribution in [2.24, 2.45) is 5.92 Å². The molecule has 1 aliphatic rings. The molecule has 1 fully saturated rings. The molecule has 2 aromatic rings. The summed E-state index contributed by atoms with van der Waals surface area (Å²) in [6.45, 7) is 3.81. The highest BCUT2D eigenvalue weighted by Crippen LogP contribution is 2.29. The molecule has 1 amide bonds. The third-order valence-corrected chi connectivity index (χ3v) is 4.75. The van der Waals surface area contributed by atoms with Crippen molar-refractivity contribution < 1.29 is 9.18 Å². The van der Waals surface area contributed by atoms with Crippen molar-refractivity contribution in [3.05, 3.63) is 35.0 Å². The standard InChI is InChI=1S/C15H16FNOS/c1-10-4-3-7-17(9-10)15(18)14-8-11-12(16)5-2-6-13(11)19-14/h2,5-6,8,10H,3-4,7,9H2,1H3/t10-/m0/s1. The average molecular weight is 277 g/mol. The number of carbonyl (C=O) groups is 1. The van der Waals surface area contributed by atoms with E-state index in [0.29, 0.717) is 16.2 Å². The van der Waals surface area contributed by atoms with Gasteiger partial charge in [0.1, 0.15) is 5.82 Å². The Bertz CT molecular complexity index is 622. The Morgan fingerprint density at radius 3 is 3.05 bits per heavy atom. The predicted molar refractivity (Wildman–Crippen MR) is 76.1 cm³/mol. The van der Waals surface area contributed by atoms with Crippen molar-refractivity contribution in [2.75, 3.05) is 13.1 Å².